The molecule has 0 spiro atoms. The van der Waals surface area contributed by atoms with Crippen molar-refractivity contribution in [2.75, 3.05) is 18.6 Å². The normalized spacial score (nSPS) is 13.3. The van der Waals surface area contributed by atoms with Gasteiger partial charge >= 0.3 is 0 Å². The van der Waals surface area contributed by atoms with Gasteiger partial charge < -0.3 is 5.32 Å². The van der Waals surface area contributed by atoms with Gasteiger partial charge in [-0.25, -0.2) is 8.42 Å². The van der Waals surface area contributed by atoms with E-state index in [1.807, 2.05) is 0 Å². The highest BCUT2D eigenvalue weighted by atomic mass is 32.2. The standard InChI is InChI=1S/C8H19NO2S/c1-5-8(2,3)9-6-7-12(4,10)11/h9H,5-7H2,1-4H3. The zero-order chi connectivity index (χ0) is 9.83. The Hall–Kier alpha value is -0.0900. The van der Waals surface area contributed by atoms with Gasteiger partial charge in [0.15, 0.2) is 0 Å². The van der Waals surface area contributed by atoms with Gasteiger partial charge in [-0.3, -0.25) is 0 Å². The SMILES string of the molecule is CCC(C)(C)NCCS(C)(=O)=O. The van der Waals surface area contributed by atoms with Gasteiger partial charge in [0.1, 0.15) is 9.84 Å². The van der Waals surface area contributed by atoms with Crippen LogP contribution in [0.3, 0.4) is 0 Å². The van der Waals surface area contributed by atoms with E-state index < -0.39 is 9.84 Å². The Morgan fingerprint density at radius 2 is 1.83 bits per heavy atom. The molecule has 0 saturated heterocycles. The van der Waals surface area contributed by atoms with E-state index in [4.69, 9.17) is 0 Å². The lowest BCUT2D eigenvalue weighted by Gasteiger charge is -2.24. The van der Waals surface area contributed by atoms with Gasteiger partial charge in [-0.1, -0.05) is 6.92 Å². The molecule has 0 saturated carbocycles. The van der Waals surface area contributed by atoms with Gasteiger partial charge in [0.2, 0.25) is 0 Å². The summed E-state index contributed by atoms with van der Waals surface area (Å²) in [6.45, 7) is 6.75. The molecule has 0 bridgehead atoms. The van der Waals surface area contributed by atoms with Crippen molar-refractivity contribution in [2.24, 2.45) is 0 Å². The number of sulfone groups is 1. The fourth-order valence-corrected chi connectivity index (χ4v) is 1.17. The maximum atomic E-state index is 10.8. The highest BCUT2D eigenvalue weighted by Gasteiger charge is 2.13. The van der Waals surface area contributed by atoms with Gasteiger partial charge in [-0.2, -0.15) is 0 Å². The smallest absolute Gasteiger partial charge is 0.148 e. The minimum absolute atomic E-state index is 0.0463. The van der Waals surface area contributed by atoms with Crippen molar-refractivity contribution in [3.8, 4) is 0 Å². The fourth-order valence-electron chi connectivity index (χ4n) is 0.700. The molecule has 0 aromatic heterocycles. The Morgan fingerprint density at radius 1 is 1.33 bits per heavy atom. The van der Waals surface area contributed by atoms with Crippen LogP contribution in [0.15, 0.2) is 0 Å². The molecular formula is C8H19NO2S. The Kier molecular flexibility index (Phi) is 4.20. The first-order valence-corrected chi connectivity index (χ1v) is 6.25. The van der Waals surface area contributed by atoms with E-state index in [0.717, 1.165) is 6.42 Å². The molecule has 0 unspecified atom stereocenters. The van der Waals surface area contributed by atoms with Crippen molar-refractivity contribution in [2.45, 2.75) is 32.7 Å². The van der Waals surface area contributed by atoms with Crippen LogP contribution in [0.5, 0.6) is 0 Å². The molecule has 0 aromatic rings. The Morgan fingerprint density at radius 3 is 2.17 bits per heavy atom. The molecule has 12 heavy (non-hydrogen) atoms. The van der Waals surface area contributed by atoms with Crippen LogP contribution in [-0.2, 0) is 9.84 Å². The van der Waals surface area contributed by atoms with Gasteiger partial charge in [-0.05, 0) is 20.3 Å². The summed E-state index contributed by atoms with van der Waals surface area (Å²) in [6.07, 6.45) is 2.25. The van der Waals surface area contributed by atoms with Crippen molar-refractivity contribution >= 4 is 9.84 Å². The maximum Gasteiger partial charge on any atom is 0.148 e. The summed E-state index contributed by atoms with van der Waals surface area (Å²) in [6, 6.07) is 0. The molecule has 0 aromatic carbocycles. The lowest BCUT2D eigenvalue weighted by atomic mass is 10.0. The molecule has 0 fully saturated rings. The lowest BCUT2D eigenvalue weighted by Crippen LogP contribution is -2.40. The van der Waals surface area contributed by atoms with E-state index in [9.17, 15) is 8.42 Å². The quantitative estimate of drug-likeness (QED) is 0.703. The molecule has 0 atom stereocenters. The number of rotatable bonds is 5. The molecule has 0 amide bonds. The monoisotopic (exact) mass is 193 g/mol. The van der Waals surface area contributed by atoms with Crippen LogP contribution in [-0.4, -0.2) is 32.5 Å². The molecule has 0 aliphatic carbocycles. The van der Waals surface area contributed by atoms with Gasteiger partial charge in [0.05, 0.1) is 5.75 Å². The molecule has 74 valence electrons. The van der Waals surface area contributed by atoms with E-state index in [0.29, 0.717) is 6.54 Å². The minimum atomic E-state index is -2.82. The third-order valence-corrected chi connectivity index (χ3v) is 2.91. The minimum Gasteiger partial charge on any atom is -0.311 e. The average Bonchev–Trinajstić information content (AvgIpc) is 1.84. The van der Waals surface area contributed by atoms with Crippen LogP contribution in [0, 0.1) is 0 Å². The van der Waals surface area contributed by atoms with Crippen LogP contribution in [0.25, 0.3) is 0 Å². The fraction of sp³-hybridized carbons (Fsp3) is 1.00. The van der Waals surface area contributed by atoms with E-state index in [-0.39, 0.29) is 11.3 Å². The largest absolute Gasteiger partial charge is 0.311 e. The molecule has 4 heteroatoms. The second kappa shape index (κ2) is 4.23. The maximum absolute atomic E-state index is 10.8. The summed E-state index contributed by atoms with van der Waals surface area (Å²) in [5.41, 5.74) is 0.0463. The zero-order valence-corrected chi connectivity index (χ0v) is 9.16. The summed E-state index contributed by atoms with van der Waals surface area (Å²) < 4.78 is 21.5. The van der Waals surface area contributed by atoms with Crippen LogP contribution in [0.1, 0.15) is 27.2 Å². The molecule has 0 rings (SSSR count). The van der Waals surface area contributed by atoms with Gasteiger partial charge in [0, 0.05) is 18.3 Å². The highest BCUT2D eigenvalue weighted by molar-refractivity contribution is 7.90. The van der Waals surface area contributed by atoms with Crippen molar-refractivity contribution in [3.63, 3.8) is 0 Å². The molecule has 0 aliphatic heterocycles. The number of hydrogen-bond acceptors (Lipinski definition) is 3. The Bertz CT molecular complexity index is 219. The van der Waals surface area contributed by atoms with Crippen LogP contribution in [0.2, 0.25) is 0 Å². The summed E-state index contributed by atoms with van der Waals surface area (Å²) in [7, 11) is -2.82. The average molecular weight is 193 g/mol. The third-order valence-electron chi connectivity index (χ3n) is 1.96. The first kappa shape index (κ1) is 11.9. The molecule has 0 aliphatic rings. The van der Waals surface area contributed by atoms with E-state index in [1.54, 1.807) is 0 Å². The zero-order valence-electron chi connectivity index (χ0n) is 8.35. The number of hydrogen-bond donors (Lipinski definition) is 1. The second-order valence-electron chi connectivity index (χ2n) is 3.79. The van der Waals surface area contributed by atoms with E-state index >= 15 is 0 Å². The van der Waals surface area contributed by atoms with Gasteiger partial charge in [-0.15, -0.1) is 0 Å². The predicted molar refractivity (Wildman–Crippen MR) is 52.1 cm³/mol. The third kappa shape index (κ3) is 6.61. The van der Waals surface area contributed by atoms with E-state index in [1.165, 1.54) is 6.26 Å². The summed E-state index contributed by atoms with van der Waals surface area (Å²) >= 11 is 0. The van der Waals surface area contributed by atoms with Crippen molar-refractivity contribution < 1.29 is 8.42 Å². The van der Waals surface area contributed by atoms with Crippen LogP contribution in [0.4, 0.5) is 0 Å². The molecule has 0 radical (unpaired) electrons. The van der Waals surface area contributed by atoms with E-state index in [2.05, 4.69) is 26.1 Å². The topological polar surface area (TPSA) is 46.2 Å². The van der Waals surface area contributed by atoms with Crippen molar-refractivity contribution in [1.82, 2.24) is 5.32 Å². The van der Waals surface area contributed by atoms with Crippen molar-refractivity contribution in [3.05, 3.63) is 0 Å². The molecular weight excluding hydrogens is 174 g/mol. The molecule has 0 heterocycles. The first-order valence-electron chi connectivity index (χ1n) is 4.19. The van der Waals surface area contributed by atoms with Crippen LogP contribution < -0.4 is 5.32 Å². The van der Waals surface area contributed by atoms with Crippen molar-refractivity contribution in [1.29, 1.82) is 0 Å². The molecule has 1 N–H and O–H groups in total. The number of nitrogens with one attached hydrogen (secondary N) is 1. The molecule has 3 nitrogen and oxygen atoms in total. The Labute approximate surface area is 75.5 Å². The summed E-state index contributed by atoms with van der Waals surface area (Å²) in [5, 5.41) is 3.19. The first-order chi connectivity index (χ1) is 5.27. The summed E-state index contributed by atoms with van der Waals surface area (Å²) in [4.78, 5) is 0. The van der Waals surface area contributed by atoms with Crippen LogP contribution >= 0.6 is 0 Å². The Balaban J connectivity index is 3.72. The lowest BCUT2D eigenvalue weighted by molar-refractivity contribution is 0.387. The van der Waals surface area contributed by atoms with Gasteiger partial charge in [0.25, 0.3) is 0 Å². The highest BCUT2D eigenvalue weighted by Crippen LogP contribution is 2.05. The summed E-state index contributed by atoms with van der Waals surface area (Å²) in [5.74, 6) is 0.219. The second-order valence-corrected chi connectivity index (χ2v) is 6.05. The predicted octanol–water partition coefficient (Wildman–Crippen LogP) is 0.809.